The largest absolute Gasteiger partial charge is 0.494 e. The van der Waals surface area contributed by atoms with E-state index in [2.05, 4.69) is 4.99 Å². The summed E-state index contributed by atoms with van der Waals surface area (Å²) in [5.41, 5.74) is 1.71. The summed E-state index contributed by atoms with van der Waals surface area (Å²) in [7, 11) is 1.49. The van der Waals surface area contributed by atoms with E-state index in [0.717, 1.165) is 5.75 Å². The van der Waals surface area contributed by atoms with Crippen LogP contribution in [0.25, 0.3) is 6.08 Å². The topological polar surface area (TPSA) is 66.3 Å². The normalized spacial score (nSPS) is 14.1. The first-order chi connectivity index (χ1) is 16.5. The Bertz CT molecular complexity index is 1250. The van der Waals surface area contributed by atoms with Crippen molar-refractivity contribution in [2.45, 2.75) is 13.5 Å². The van der Waals surface area contributed by atoms with Gasteiger partial charge in [-0.05, 0) is 67.1 Å². The Morgan fingerprint density at radius 3 is 2.56 bits per heavy atom. The molecular weight excluding hydrogens is 461 g/mol. The van der Waals surface area contributed by atoms with E-state index in [9.17, 15) is 9.18 Å². The molecule has 4 rings (SSSR count). The van der Waals surface area contributed by atoms with Crippen molar-refractivity contribution in [3.63, 3.8) is 0 Å². The number of rotatable bonds is 8. The number of aliphatic imine (C=N–C) groups is 1. The molecule has 0 saturated carbocycles. The fourth-order valence-corrected chi connectivity index (χ4v) is 3.48. The fraction of sp³-hybridized carbons (Fsp3) is 0.154. The van der Waals surface area contributed by atoms with Gasteiger partial charge in [-0.1, -0.05) is 23.7 Å². The van der Waals surface area contributed by atoms with Crippen molar-refractivity contribution < 1.29 is 28.1 Å². The molecular formula is C26H21ClFNO5. The molecule has 0 aliphatic carbocycles. The lowest BCUT2D eigenvalue weighted by Crippen LogP contribution is -2.05. The average Bonchev–Trinajstić information content (AvgIpc) is 3.20. The first-order valence-electron chi connectivity index (χ1n) is 10.5. The first kappa shape index (κ1) is 23.3. The highest BCUT2D eigenvalue weighted by molar-refractivity contribution is 6.31. The van der Waals surface area contributed by atoms with Crippen LogP contribution in [0.1, 0.15) is 23.6 Å². The van der Waals surface area contributed by atoms with Crippen LogP contribution in [0, 0.1) is 5.82 Å². The highest BCUT2D eigenvalue weighted by Crippen LogP contribution is 2.31. The Morgan fingerprint density at radius 2 is 1.85 bits per heavy atom. The molecule has 0 unspecified atom stereocenters. The van der Waals surface area contributed by atoms with Gasteiger partial charge >= 0.3 is 5.97 Å². The van der Waals surface area contributed by atoms with Crippen LogP contribution < -0.4 is 14.2 Å². The minimum Gasteiger partial charge on any atom is -0.494 e. The summed E-state index contributed by atoms with van der Waals surface area (Å²) >= 11 is 6.06. The molecule has 0 N–H and O–H groups in total. The number of cyclic esters (lactones) is 1. The van der Waals surface area contributed by atoms with E-state index >= 15 is 0 Å². The monoisotopic (exact) mass is 481 g/mol. The van der Waals surface area contributed by atoms with Crippen LogP contribution in [0.4, 0.5) is 4.39 Å². The number of benzene rings is 3. The van der Waals surface area contributed by atoms with Gasteiger partial charge in [0.05, 0.1) is 18.7 Å². The predicted octanol–water partition coefficient (Wildman–Crippen LogP) is 5.81. The zero-order valence-electron chi connectivity index (χ0n) is 18.5. The van der Waals surface area contributed by atoms with Gasteiger partial charge in [-0.25, -0.2) is 14.2 Å². The molecule has 1 aliphatic heterocycles. The molecule has 34 heavy (non-hydrogen) atoms. The highest BCUT2D eigenvalue weighted by atomic mass is 35.5. The summed E-state index contributed by atoms with van der Waals surface area (Å²) in [6.07, 6.45) is 1.59. The number of halogens is 2. The summed E-state index contributed by atoms with van der Waals surface area (Å²) in [6.45, 7) is 2.40. The van der Waals surface area contributed by atoms with Crippen LogP contribution in [0.15, 0.2) is 71.4 Å². The Labute approximate surface area is 201 Å². The third-order valence-electron chi connectivity index (χ3n) is 4.96. The molecule has 3 aromatic rings. The molecule has 8 heteroatoms. The van der Waals surface area contributed by atoms with E-state index in [1.807, 2.05) is 6.92 Å². The molecule has 174 valence electrons. The zero-order chi connectivity index (χ0) is 24.1. The quantitative estimate of drug-likeness (QED) is 0.300. The Hall–Kier alpha value is -3.84. The summed E-state index contributed by atoms with van der Waals surface area (Å²) < 4.78 is 35.9. The Balaban J connectivity index is 1.52. The van der Waals surface area contributed by atoms with Gasteiger partial charge in [-0.15, -0.1) is 0 Å². The van der Waals surface area contributed by atoms with Crippen LogP contribution in [0.3, 0.4) is 0 Å². The molecule has 1 heterocycles. The molecule has 1 aliphatic rings. The molecule has 0 fully saturated rings. The number of nitrogens with zero attached hydrogens (tertiary/aromatic N) is 1. The van der Waals surface area contributed by atoms with Gasteiger partial charge in [0.15, 0.2) is 17.2 Å². The number of hydrogen-bond donors (Lipinski definition) is 0. The maximum absolute atomic E-state index is 14.0. The zero-order valence-corrected chi connectivity index (χ0v) is 19.3. The van der Waals surface area contributed by atoms with E-state index in [4.69, 9.17) is 30.5 Å². The molecule has 0 aromatic heterocycles. The number of hydrogen-bond acceptors (Lipinski definition) is 6. The minimum atomic E-state index is -0.558. The van der Waals surface area contributed by atoms with Crippen molar-refractivity contribution >= 4 is 29.5 Å². The number of carbonyl (C=O) groups excluding carboxylic acids is 1. The van der Waals surface area contributed by atoms with E-state index < -0.39 is 11.8 Å². The van der Waals surface area contributed by atoms with E-state index in [1.54, 1.807) is 54.6 Å². The van der Waals surface area contributed by atoms with Gasteiger partial charge in [0.25, 0.3) is 0 Å². The second-order valence-electron chi connectivity index (χ2n) is 7.19. The highest BCUT2D eigenvalue weighted by Gasteiger charge is 2.24. The molecule has 0 amide bonds. The van der Waals surface area contributed by atoms with E-state index in [1.165, 1.54) is 19.2 Å². The number of carbonyl (C=O) groups is 1. The van der Waals surface area contributed by atoms with Crippen LogP contribution in [-0.4, -0.2) is 25.6 Å². The van der Waals surface area contributed by atoms with Gasteiger partial charge in [0.1, 0.15) is 18.2 Å². The molecule has 0 radical (unpaired) electrons. The standard InChI is InChI=1S/C26H21ClFNO5/c1-3-32-18-10-8-17(9-11-18)25-29-22(26(30)34-25)13-16-7-12-23(24(14-16)31-2)33-15-19-20(27)5-4-6-21(19)28/h4-14H,3,15H2,1-2H3/b22-13+. The van der Waals surface area contributed by atoms with Crippen LogP contribution >= 0.6 is 11.6 Å². The van der Waals surface area contributed by atoms with Crippen LogP contribution in [0.5, 0.6) is 17.2 Å². The van der Waals surface area contributed by atoms with Crippen molar-refractivity contribution in [1.29, 1.82) is 0 Å². The maximum atomic E-state index is 14.0. The number of esters is 1. The smallest absolute Gasteiger partial charge is 0.363 e. The van der Waals surface area contributed by atoms with Crippen molar-refractivity contribution in [2.24, 2.45) is 4.99 Å². The third kappa shape index (κ3) is 5.21. The van der Waals surface area contributed by atoms with Crippen molar-refractivity contribution in [3.05, 3.63) is 93.9 Å². The fourth-order valence-electron chi connectivity index (χ4n) is 3.26. The van der Waals surface area contributed by atoms with E-state index in [-0.39, 0.29) is 28.8 Å². The van der Waals surface area contributed by atoms with Crippen molar-refractivity contribution in [2.75, 3.05) is 13.7 Å². The Kier molecular flexibility index (Phi) is 7.13. The van der Waals surface area contributed by atoms with Gasteiger partial charge in [0.2, 0.25) is 5.90 Å². The summed E-state index contributed by atoms with van der Waals surface area (Å²) in [4.78, 5) is 16.7. The third-order valence-corrected chi connectivity index (χ3v) is 5.31. The maximum Gasteiger partial charge on any atom is 0.363 e. The molecule has 0 bridgehead atoms. The van der Waals surface area contributed by atoms with Crippen LogP contribution in [0.2, 0.25) is 5.02 Å². The predicted molar refractivity (Wildman–Crippen MR) is 127 cm³/mol. The lowest BCUT2D eigenvalue weighted by Gasteiger charge is -2.12. The van der Waals surface area contributed by atoms with Gasteiger partial charge in [-0.3, -0.25) is 0 Å². The lowest BCUT2D eigenvalue weighted by atomic mass is 10.1. The number of methoxy groups -OCH3 is 1. The molecule has 0 saturated heterocycles. The molecule has 6 nitrogen and oxygen atoms in total. The van der Waals surface area contributed by atoms with Crippen molar-refractivity contribution in [3.8, 4) is 17.2 Å². The van der Waals surface area contributed by atoms with E-state index in [0.29, 0.717) is 29.2 Å². The first-order valence-corrected chi connectivity index (χ1v) is 10.9. The van der Waals surface area contributed by atoms with Crippen molar-refractivity contribution in [1.82, 2.24) is 0 Å². The lowest BCUT2D eigenvalue weighted by molar-refractivity contribution is -0.129. The van der Waals surface area contributed by atoms with Crippen LogP contribution in [-0.2, 0) is 16.1 Å². The van der Waals surface area contributed by atoms with Gasteiger partial charge in [0, 0.05) is 11.1 Å². The number of ether oxygens (including phenoxy) is 4. The molecule has 0 spiro atoms. The minimum absolute atomic E-state index is 0.0651. The molecule has 0 atom stereocenters. The van der Waals surface area contributed by atoms with Gasteiger partial charge < -0.3 is 18.9 Å². The summed E-state index contributed by atoms with van der Waals surface area (Å²) in [5.74, 6) is 0.734. The average molecular weight is 482 g/mol. The second-order valence-corrected chi connectivity index (χ2v) is 7.60. The SMILES string of the molecule is CCOc1ccc(C2=N/C(=C/c3ccc(OCc4c(F)cccc4Cl)c(OC)c3)C(=O)O2)cc1. The summed E-state index contributed by atoms with van der Waals surface area (Å²) in [5, 5.41) is 0.279. The molecule has 3 aromatic carbocycles. The second kappa shape index (κ2) is 10.4. The summed E-state index contributed by atoms with van der Waals surface area (Å²) in [6, 6.07) is 16.6. The van der Waals surface area contributed by atoms with Gasteiger partial charge in [-0.2, -0.15) is 0 Å². The Morgan fingerprint density at radius 1 is 1.06 bits per heavy atom.